The molecule has 1 saturated heterocycles. The van der Waals surface area contributed by atoms with E-state index in [2.05, 4.69) is 15.2 Å². The second kappa shape index (κ2) is 7.34. The Kier molecular flexibility index (Phi) is 4.73. The van der Waals surface area contributed by atoms with Crippen LogP contribution in [0.3, 0.4) is 0 Å². The van der Waals surface area contributed by atoms with Crippen LogP contribution in [0.25, 0.3) is 22.3 Å². The van der Waals surface area contributed by atoms with E-state index in [0.717, 1.165) is 41.7 Å². The number of phenols is 1. The van der Waals surface area contributed by atoms with Gasteiger partial charge in [-0.2, -0.15) is 0 Å². The molecule has 0 spiro atoms. The Labute approximate surface area is 162 Å². The van der Waals surface area contributed by atoms with Gasteiger partial charge < -0.3 is 20.4 Å². The SMILES string of the molecule is Cc1ccc2c(N3CCC[C@H](NC(=O)O)C3)nc(-c3ccccc3O)nc2c1. The summed E-state index contributed by atoms with van der Waals surface area (Å²) in [4.78, 5) is 22.6. The third kappa shape index (κ3) is 3.55. The summed E-state index contributed by atoms with van der Waals surface area (Å²) in [6, 6.07) is 12.9. The number of aryl methyl sites for hydroxylation is 1. The Morgan fingerprint density at radius 3 is 2.82 bits per heavy atom. The number of para-hydroxylation sites is 1. The number of nitrogens with zero attached hydrogens (tertiary/aromatic N) is 3. The van der Waals surface area contributed by atoms with Gasteiger partial charge in [0.2, 0.25) is 0 Å². The van der Waals surface area contributed by atoms with Crippen LogP contribution in [0.5, 0.6) is 5.75 Å². The number of amides is 1. The summed E-state index contributed by atoms with van der Waals surface area (Å²) in [7, 11) is 0. The van der Waals surface area contributed by atoms with Crippen molar-refractivity contribution in [2.75, 3.05) is 18.0 Å². The van der Waals surface area contributed by atoms with Gasteiger partial charge in [0.25, 0.3) is 0 Å². The van der Waals surface area contributed by atoms with Crippen LogP contribution in [0.15, 0.2) is 42.5 Å². The fraction of sp³-hybridized carbons (Fsp3) is 0.286. The molecule has 1 aliphatic rings. The van der Waals surface area contributed by atoms with Crippen molar-refractivity contribution in [3.05, 3.63) is 48.0 Å². The van der Waals surface area contributed by atoms with Crippen molar-refractivity contribution in [3.8, 4) is 17.1 Å². The van der Waals surface area contributed by atoms with Gasteiger partial charge in [0.1, 0.15) is 11.6 Å². The summed E-state index contributed by atoms with van der Waals surface area (Å²) in [6.45, 7) is 3.35. The number of hydrogen-bond donors (Lipinski definition) is 3. The molecule has 7 heteroatoms. The van der Waals surface area contributed by atoms with E-state index < -0.39 is 6.09 Å². The summed E-state index contributed by atoms with van der Waals surface area (Å²) in [6.07, 6.45) is 0.663. The molecular weight excluding hydrogens is 356 g/mol. The first kappa shape index (κ1) is 18.0. The van der Waals surface area contributed by atoms with Crippen LogP contribution in [-0.2, 0) is 0 Å². The summed E-state index contributed by atoms with van der Waals surface area (Å²) in [5.74, 6) is 1.35. The maximum atomic E-state index is 11.1. The van der Waals surface area contributed by atoms with Crippen LogP contribution in [0.4, 0.5) is 10.6 Å². The highest BCUT2D eigenvalue weighted by Crippen LogP contribution is 2.32. The zero-order valence-electron chi connectivity index (χ0n) is 15.6. The fourth-order valence-electron chi connectivity index (χ4n) is 3.71. The Morgan fingerprint density at radius 2 is 2.04 bits per heavy atom. The van der Waals surface area contributed by atoms with Gasteiger partial charge in [0.05, 0.1) is 11.1 Å². The molecule has 144 valence electrons. The van der Waals surface area contributed by atoms with Crippen molar-refractivity contribution in [2.24, 2.45) is 0 Å². The normalized spacial score (nSPS) is 16.9. The molecule has 0 saturated carbocycles. The first-order valence-electron chi connectivity index (χ1n) is 9.32. The Hall–Kier alpha value is -3.35. The van der Waals surface area contributed by atoms with Gasteiger partial charge in [-0.15, -0.1) is 0 Å². The van der Waals surface area contributed by atoms with Crippen molar-refractivity contribution in [2.45, 2.75) is 25.8 Å². The number of nitrogens with one attached hydrogen (secondary N) is 1. The van der Waals surface area contributed by atoms with E-state index in [-0.39, 0.29) is 11.8 Å². The standard InChI is InChI=1S/C21H22N4O3/c1-13-8-9-15-17(11-13)23-19(16-6-2-3-7-18(16)26)24-20(15)25-10-4-5-14(12-25)22-21(27)28/h2-3,6-9,11,14,22,26H,4-5,10,12H2,1H3,(H,27,28)/t14-/m0/s1. The molecule has 2 aromatic carbocycles. The number of carboxylic acid groups (broad SMARTS) is 1. The number of rotatable bonds is 3. The van der Waals surface area contributed by atoms with Gasteiger partial charge in [0, 0.05) is 24.5 Å². The predicted octanol–water partition coefficient (Wildman–Crippen LogP) is 3.55. The average molecular weight is 378 g/mol. The van der Waals surface area contributed by atoms with E-state index in [1.807, 2.05) is 31.2 Å². The zero-order valence-corrected chi connectivity index (χ0v) is 15.6. The largest absolute Gasteiger partial charge is 0.507 e. The molecule has 3 aromatic rings. The van der Waals surface area contributed by atoms with E-state index in [4.69, 9.17) is 10.1 Å². The van der Waals surface area contributed by atoms with E-state index in [1.54, 1.807) is 18.2 Å². The van der Waals surface area contributed by atoms with Crippen LogP contribution in [0, 0.1) is 6.92 Å². The first-order chi connectivity index (χ1) is 13.5. The highest BCUT2D eigenvalue weighted by atomic mass is 16.4. The van der Waals surface area contributed by atoms with Gasteiger partial charge in [-0.3, -0.25) is 0 Å². The molecular formula is C21H22N4O3. The quantitative estimate of drug-likeness (QED) is 0.645. The van der Waals surface area contributed by atoms with Crippen LogP contribution < -0.4 is 10.2 Å². The molecule has 28 heavy (non-hydrogen) atoms. The van der Waals surface area contributed by atoms with Crippen LogP contribution in [0.2, 0.25) is 0 Å². The first-order valence-corrected chi connectivity index (χ1v) is 9.32. The van der Waals surface area contributed by atoms with Crippen molar-refractivity contribution in [3.63, 3.8) is 0 Å². The molecule has 3 N–H and O–H groups in total. The van der Waals surface area contributed by atoms with E-state index >= 15 is 0 Å². The monoisotopic (exact) mass is 378 g/mol. The zero-order chi connectivity index (χ0) is 19.7. The van der Waals surface area contributed by atoms with Gasteiger partial charge in [-0.25, -0.2) is 14.8 Å². The van der Waals surface area contributed by atoms with Gasteiger partial charge in [-0.05, 0) is 49.6 Å². The third-order valence-electron chi connectivity index (χ3n) is 5.03. The third-order valence-corrected chi connectivity index (χ3v) is 5.03. The smallest absolute Gasteiger partial charge is 0.404 e. The Balaban J connectivity index is 1.82. The highest BCUT2D eigenvalue weighted by molar-refractivity contribution is 5.92. The number of fused-ring (bicyclic) bond motifs is 1. The maximum Gasteiger partial charge on any atom is 0.404 e. The fourth-order valence-corrected chi connectivity index (χ4v) is 3.71. The number of aromatic nitrogens is 2. The molecule has 1 atom stereocenters. The number of carbonyl (C=O) groups is 1. The summed E-state index contributed by atoms with van der Waals surface area (Å²) in [5, 5.41) is 22.8. The summed E-state index contributed by atoms with van der Waals surface area (Å²) >= 11 is 0. The van der Waals surface area contributed by atoms with E-state index in [9.17, 15) is 9.90 Å². The Morgan fingerprint density at radius 1 is 1.21 bits per heavy atom. The molecule has 1 aliphatic heterocycles. The minimum atomic E-state index is -1.01. The summed E-state index contributed by atoms with van der Waals surface area (Å²) in [5.41, 5.74) is 2.46. The Bertz CT molecular complexity index is 1040. The van der Waals surface area contributed by atoms with Crippen molar-refractivity contribution >= 4 is 22.8 Å². The predicted molar refractivity (Wildman–Crippen MR) is 108 cm³/mol. The van der Waals surface area contributed by atoms with E-state index in [1.165, 1.54) is 0 Å². The number of benzene rings is 2. The molecule has 4 rings (SSSR count). The molecule has 0 unspecified atom stereocenters. The molecule has 0 radical (unpaired) electrons. The van der Waals surface area contributed by atoms with Gasteiger partial charge in [-0.1, -0.05) is 18.2 Å². The molecule has 0 bridgehead atoms. The second-order valence-corrected chi connectivity index (χ2v) is 7.14. The van der Waals surface area contributed by atoms with Gasteiger partial charge >= 0.3 is 6.09 Å². The molecule has 1 fully saturated rings. The van der Waals surface area contributed by atoms with E-state index in [0.29, 0.717) is 17.9 Å². The highest BCUT2D eigenvalue weighted by Gasteiger charge is 2.24. The van der Waals surface area contributed by atoms with Gasteiger partial charge in [0.15, 0.2) is 5.82 Å². The molecule has 7 nitrogen and oxygen atoms in total. The molecule has 1 aromatic heterocycles. The minimum Gasteiger partial charge on any atom is -0.507 e. The lowest BCUT2D eigenvalue weighted by molar-refractivity contribution is 0.188. The minimum absolute atomic E-state index is 0.129. The lowest BCUT2D eigenvalue weighted by atomic mass is 10.0. The number of phenolic OH excluding ortho intramolecular Hbond substituents is 1. The number of aromatic hydroxyl groups is 1. The van der Waals surface area contributed by atoms with Crippen LogP contribution >= 0.6 is 0 Å². The van der Waals surface area contributed by atoms with Crippen molar-refractivity contribution < 1.29 is 15.0 Å². The summed E-state index contributed by atoms with van der Waals surface area (Å²) < 4.78 is 0. The number of hydrogen-bond acceptors (Lipinski definition) is 5. The molecule has 0 aliphatic carbocycles. The molecule has 1 amide bonds. The van der Waals surface area contributed by atoms with Crippen molar-refractivity contribution in [1.82, 2.24) is 15.3 Å². The van der Waals surface area contributed by atoms with Crippen molar-refractivity contribution in [1.29, 1.82) is 0 Å². The average Bonchev–Trinajstić information content (AvgIpc) is 2.67. The lowest BCUT2D eigenvalue weighted by Gasteiger charge is -2.34. The topological polar surface area (TPSA) is 98.6 Å². The second-order valence-electron chi connectivity index (χ2n) is 7.14. The van der Waals surface area contributed by atoms with Crippen LogP contribution in [-0.4, -0.2) is 45.4 Å². The lowest BCUT2D eigenvalue weighted by Crippen LogP contribution is -2.47. The number of anilines is 1. The maximum absolute atomic E-state index is 11.1. The van der Waals surface area contributed by atoms with Crippen LogP contribution in [0.1, 0.15) is 18.4 Å². The molecule has 2 heterocycles. The number of piperidine rings is 1.